The Kier molecular flexibility index (Phi) is 4.59. The van der Waals surface area contributed by atoms with Crippen LogP contribution in [0.4, 0.5) is 0 Å². The molecule has 8 heteroatoms. The predicted octanol–water partition coefficient (Wildman–Crippen LogP) is 1.88. The van der Waals surface area contributed by atoms with Gasteiger partial charge >= 0.3 is 0 Å². The van der Waals surface area contributed by atoms with Crippen molar-refractivity contribution in [2.45, 2.75) is 17.7 Å². The molecule has 0 unspecified atom stereocenters. The zero-order valence-electron chi connectivity index (χ0n) is 10.6. The molecule has 110 valence electrons. The van der Waals surface area contributed by atoms with E-state index in [1.165, 1.54) is 22.5 Å². The van der Waals surface area contributed by atoms with Crippen LogP contribution in [0.25, 0.3) is 0 Å². The quantitative estimate of drug-likeness (QED) is 0.914. The molecule has 0 radical (unpaired) electrons. The SMILES string of the molecule is NC(=O)C1CCN(S(=O)(=O)c2cc(Cl)cc(Cl)c2)CC1. The lowest BCUT2D eigenvalue weighted by Gasteiger charge is -2.29. The van der Waals surface area contributed by atoms with Gasteiger partial charge in [0.2, 0.25) is 15.9 Å². The van der Waals surface area contributed by atoms with Crippen LogP contribution in [0.5, 0.6) is 0 Å². The fourth-order valence-corrected chi connectivity index (χ4v) is 4.40. The molecule has 1 aromatic rings. The minimum atomic E-state index is -3.64. The lowest BCUT2D eigenvalue weighted by Crippen LogP contribution is -2.41. The van der Waals surface area contributed by atoms with E-state index in [9.17, 15) is 13.2 Å². The maximum atomic E-state index is 12.5. The van der Waals surface area contributed by atoms with Gasteiger partial charge in [0.15, 0.2) is 0 Å². The molecular weight excluding hydrogens is 323 g/mol. The molecule has 2 N–H and O–H groups in total. The summed E-state index contributed by atoms with van der Waals surface area (Å²) in [6.45, 7) is 0.528. The number of benzene rings is 1. The Morgan fingerprint density at radius 2 is 1.65 bits per heavy atom. The van der Waals surface area contributed by atoms with Gasteiger partial charge in [-0.1, -0.05) is 23.2 Å². The van der Waals surface area contributed by atoms with E-state index < -0.39 is 10.0 Å². The first-order valence-electron chi connectivity index (χ1n) is 6.06. The summed E-state index contributed by atoms with van der Waals surface area (Å²) in [6, 6.07) is 4.20. The molecule has 0 aliphatic carbocycles. The number of carbonyl (C=O) groups is 1. The van der Waals surface area contributed by atoms with Crippen LogP contribution in [-0.4, -0.2) is 31.7 Å². The smallest absolute Gasteiger partial charge is 0.243 e. The van der Waals surface area contributed by atoms with Gasteiger partial charge in [0.05, 0.1) is 4.90 Å². The van der Waals surface area contributed by atoms with Crippen molar-refractivity contribution in [1.29, 1.82) is 0 Å². The van der Waals surface area contributed by atoms with Gasteiger partial charge in [0.25, 0.3) is 0 Å². The minimum absolute atomic E-state index is 0.0625. The van der Waals surface area contributed by atoms with E-state index in [0.717, 1.165) is 0 Å². The Morgan fingerprint density at radius 1 is 1.15 bits per heavy atom. The summed E-state index contributed by atoms with van der Waals surface area (Å²) < 4.78 is 26.2. The van der Waals surface area contributed by atoms with E-state index >= 15 is 0 Å². The van der Waals surface area contributed by atoms with Crippen LogP contribution in [0.3, 0.4) is 0 Å². The monoisotopic (exact) mass is 336 g/mol. The summed E-state index contributed by atoms with van der Waals surface area (Å²) in [5.74, 6) is -0.641. The van der Waals surface area contributed by atoms with Crippen molar-refractivity contribution in [2.75, 3.05) is 13.1 Å². The molecule has 1 aliphatic heterocycles. The number of piperidine rings is 1. The Labute approximate surface area is 127 Å². The number of nitrogens with two attached hydrogens (primary N) is 1. The Hall–Kier alpha value is -0.820. The second kappa shape index (κ2) is 5.89. The van der Waals surface area contributed by atoms with Crippen LogP contribution < -0.4 is 5.73 Å². The van der Waals surface area contributed by atoms with E-state index in [2.05, 4.69) is 0 Å². The molecule has 0 aromatic heterocycles. The first-order chi connectivity index (χ1) is 9.30. The maximum Gasteiger partial charge on any atom is 0.243 e. The number of hydrogen-bond acceptors (Lipinski definition) is 3. The average molecular weight is 337 g/mol. The third-order valence-electron chi connectivity index (χ3n) is 3.33. The zero-order valence-corrected chi connectivity index (χ0v) is 12.9. The highest BCUT2D eigenvalue weighted by Gasteiger charge is 2.31. The van der Waals surface area contributed by atoms with Crippen LogP contribution in [0, 0.1) is 5.92 Å². The van der Waals surface area contributed by atoms with E-state index in [0.29, 0.717) is 12.8 Å². The molecule has 0 bridgehead atoms. The molecule has 0 saturated carbocycles. The fourth-order valence-electron chi connectivity index (χ4n) is 2.21. The summed E-state index contributed by atoms with van der Waals surface area (Å²) in [4.78, 5) is 11.2. The number of hydrogen-bond donors (Lipinski definition) is 1. The van der Waals surface area contributed by atoms with Crippen molar-refractivity contribution in [3.05, 3.63) is 28.2 Å². The number of amides is 1. The highest BCUT2D eigenvalue weighted by atomic mass is 35.5. The summed E-state index contributed by atoms with van der Waals surface area (Å²) in [6.07, 6.45) is 0.867. The van der Waals surface area contributed by atoms with Gasteiger partial charge in [-0.3, -0.25) is 4.79 Å². The van der Waals surface area contributed by atoms with Crippen LogP contribution >= 0.6 is 23.2 Å². The first-order valence-corrected chi connectivity index (χ1v) is 8.26. The maximum absolute atomic E-state index is 12.5. The lowest BCUT2D eigenvalue weighted by atomic mass is 9.98. The molecule has 1 fully saturated rings. The lowest BCUT2D eigenvalue weighted by molar-refractivity contribution is -0.122. The van der Waals surface area contributed by atoms with Gasteiger partial charge in [0.1, 0.15) is 0 Å². The van der Waals surface area contributed by atoms with E-state index in [4.69, 9.17) is 28.9 Å². The molecule has 1 aromatic carbocycles. The third kappa shape index (κ3) is 3.25. The molecule has 1 saturated heterocycles. The van der Waals surface area contributed by atoms with Crippen molar-refractivity contribution in [3.8, 4) is 0 Å². The Balaban J connectivity index is 2.21. The number of primary amides is 1. The van der Waals surface area contributed by atoms with Gasteiger partial charge in [-0.25, -0.2) is 8.42 Å². The van der Waals surface area contributed by atoms with Gasteiger partial charge in [-0.2, -0.15) is 4.31 Å². The highest BCUT2D eigenvalue weighted by molar-refractivity contribution is 7.89. The van der Waals surface area contributed by atoms with Crippen LogP contribution in [0.2, 0.25) is 10.0 Å². The number of nitrogens with zero attached hydrogens (tertiary/aromatic N) is 1. The molecule has 1 aliphatic rings. The molecule has 1 amide bonds. The standard InChI is InChI=1S/C12H14Cl2N2O3S/c13-9-5-10(14)7-11(6-9)20(18,19)16-3-1-8(2-4-16)12(15)17/h5-8H,1-4H2,(H2,15,17). The molecular formula is C12H14Cl2N2O3S. The predicted molar refractivity (Wildman–Crippen MR) is 77.1 cm³/mol. The van der Waals surface area contributed by atoms with Crippen molar-refractivity contribution in [3.63, 3.8) is 0 Å². The van der Waals surface area contributed by atoms with Gasteiger partial charge in [-0.05, 0) is 31.0 Å². The van der Waals surface area contributed by atoms with Crippen molar-refractivity contribution in [1.82, 2.24) is 4.31 Å². The van der Waals surface area contributed by atoms with E-state index in [-0.39, 0.29) is 39.9 Å². The van der Waals surface area contributed by atoms with Gasteiger partial charge < -0.3 is 5.73 Å². The molecule has 2 rings (SSSR count). The zero-order chi connectivity index (χ0) is 14.9. The van der Waals surface area contributed by atoms with Crippen LogP contribution in [-0.2, 0) is 14.8 Å². The average Bonchev–Trinajstić information content (AvgIpc) is 2.37. The summed E-state index contributed by atoms with van der Waals surface area (Å²) >= 11 is 11.7. The Morgan fingerprint density at radius 3 is 2.10 bits per heavy atom. The molecule has 5 nitrogen and oxygen atoms in total. The van der Waals surface area contributed by atoms with Crippen molar-refractivity contribution in [2.24, 2.45) is 11.7 Å². The molecule has 0 spiro atoms. The van der Waals surface area contributed by atoms with E-state index in [1.54, 1.807) is 0 Å². The van der Waals surface area contributed by atoms with Gasteiger partial charge in [-0.15, -0.1) is 0 Å². The van der Waals surface area contributed by atoms with Crippen LogP contribution in [0.1, 0.15) is 12.8 Å². The second-order valence-electron chi connectivity index (χ2n) is 4.69. The van der Waals surface area contributed by atoms with Gasteiger partial charge in [0, 0.05) is 29.1 Å². The van der Waals surface area contributed by atoms with E-state index in [1.807, 2.05) is 0 Å². The summed E-state index contributed by atoms with van der Waals surface area (Å²) in [5, 5.41) is 0.534. The topological polar surface area (TPSA) is 80.5 Å². The highest BCUT2D eigenvalue weighted by Crippen LogP contribution is 2.27. The summed E-state index contributed by atoms with van der Waals surface area (Å²) in [7, 11) is -3.64. The van der Waals surface area contributed by atoms with Crippen molar-refractivity contribution >= 4 is 39.1 Å². The largest absolute Gasteiger partial charge is 0.369 e. The summed E-state index contributed by atoms with van der Waals surface area (Å²) in [5.41, 5.74) is 5.23. The molecule has 0 atom stereocenters. The second-order valence-corrected chi connectivity index (χ2v) is 7.50. The minimum Gasteiger partial charge on any atom is -0.369 e. The number of sulfonamides is 1. The molecule has 1 heterocycles. The Bertz CT molecular complexity index is 605. The number of halogens is 2. The normalized spacial score (nSPS) is 18.1. The molecule has 20 heavy (non-hydrogen) atoms. The fraction of sp³-hybridized carbons (Fsp3) is 0.417. The van der Waals surface area contributed by atoms with Crippen molar-refractivity contribution < 1.29 is 13.2 Å². The number of carbonyl (C=O) groups excluding carboxylic acids is 1. The third-order valence-corrected chi connectivity index (χ3v) is 5.64. The van der Waals surface area contributed by atoms with Crippen LogP contribution in [0.15, 0.2) is 23.1 Å². The first kappa shape index (κ1) is 15.6. The number of rotatable bonds is 3.